The highest BCUT2D eigenvalue weighted by Crippen LogP contribution is 2.31. The average Bonchev–Trinajstić information content (AvgIpc) is 2.72. The quantitative estimate of drug-likeness (QED) is 0.665. The molecule has 160 valence electrons. The first-order valence-corrected chi connectivity index (χ1v) is 10.6. The number of carbonyl (C=O) groups excluding carboxylic acids is 2. The van der Waals surface area contributed by atoms with Crippen LogP contribution in [0.5, 0.6) is 11.5 Å². The molecule has 2 aromatic carbocycles. The van der Waals surface area contributed by atoms with Gasteiger partial charge in [0.15, 0.2) is 18.1 Å². The molecule has 3 rings (SSSR count). The van der Waals surface area contributed by atoms with Crippen molar-refractivity contribution in [1.82, 2.24) is 4.31 Å². The summed E-state index contributed by atoms with van der Waals surface area (Å²) in [5.41, 5.74) is 0.401. The molecule has 1 aliphatic rings. The predicted octanol–water partition coefficient (Wildman–Crippen LogP) is 2.16. The first-order chi connectivity index (χ1) is 14.2. The Morgan fingerprint density at radius 1 is 1.10 bits per heavy atom. The fraction of sp³-hybridized carbons (Fsp3) is 0.263. The molecule has 0 atom stereocenters. The lowest BCUT2D eigenvalue weighted by Crippen LogP contribution is -2.23. The number of hydrogen-bond acceptors (Lipinski definition) is 7. The van der Waals surface area contributed by atoms with E-state index in [1.54, 1.807) is 6.07 Å². The molecular weight excluding hydrogens is 436 g/mol. The molecule has 0 saturated heterocycles. The molecule has 0 unspecified atom stereocenters. The van der Waals surface area contributed by atoms with Crippen molar-refractivity contribution in [3.63, 3.8) is 0 Å². The molecule has 0 fully saturated rings. The van der Waals surface area contributed by atoms with Gasteiger partial charge in [-0.3, -0.25) is 4.79 Å². The topological polar surface area (TPSA) is 111 Å². The van der Waals surface area contributed by atoms with Gasteiger partial charge in [0.05, 0.1) is 10.6 Å². The van der Waals surface area contributed by atoms with Crippen LogP contribution < -0.4 is 14.8 Å². The van der Waals surface area contributed by atoms with E-state index in [9.17, 15) is 18.0 Å². The van der Waals surface area contributed by atoms with Crippen LogP contribution in [0.2, 0.25) is 5.02 Å². The maximum atomic E-state index is 12.3. The number of carbonyl (C=O) groups is 2. The van der Waals surface area contributed by atoms with E-state index in [1.807, 2.05) is 0 Å². The molecule has 0 aromatic heterocycles. The minimum Gasteiger partial charge on any atom is -0.486 e. The summed E-state index contributed by atoms with van der Waals surface area (Å²) in [4.78, 5) is 24.2. The van der Waals surface area contributed by atoms with Crippen molar-refractivity contribution in [2.75, 3.05) is 39.2 Å². The number of rotatable bonds is 6. The molecule has 0 radical (unpaired) electrons. The van der Waals surface area contributed by atoms with Crippen molar-refractivity contribution >= 4 is 39.2 Å². The molecule has 11 heteroatoms. The van der Waals surface area contributed by atoms with Gasteiger partial charge in [-0.15, -0.1) is 0 Å². The Hall–Kier alpha value is -2.82. The van der Waals surface area contributed by atoms with Crippen LogP contribution in [0.1, 0.15) is 10.4 Å². The summed E-state index contributed by atoms with van der Waals surface area (Å²) in [6.45, 7) is 0.241. The lowest BCUT2D eigenvalue weighted by atomic mass is 10.2. The summed E-state index contributed by atoms with van der Waals surface area (Å²) in [7, 11) is -1.05. The van der Waals surface area contributed by atoms with E-state index in [0.29, 0.717) is 24.7 Å². The fourth-order valence-corrected chi connectivity index (χ4v) is 3.95. The number of fused-ring (bicyclic) bond motifs is 1. The van der Waals surface area contributed by atoms with E-state index < -0.39 is 28.5 Å². The summed E-state index contributed by atoms with van der Waals surface area (Å²) in [5, 5.41) is 2.49. The van der Waals surface area contributed by atoms with E-state index in [4.69, 9.17) is 25.8 Å². The highest BCUT2D eigenvalue weighted by Gasteiger charge is 2.22. The molecule has 1 N–H and O–H groups in total. The zero-order valence-corrected chi connectivity index (χ0v) is 17.7. The van der Waals surface area contributed by atoms with Gasteiger partial charge in [-0.25, -0.2) is 17.5 Å². The Kier molecular flexibility index (Phi) is 6.49. The third-order valence-electron chi connectivity index (χ3n) is 4.09. The standard InChI is InChI=1S/C19H19ClN2O7S/c1-22(2)30(25,26)17-10-13(4-5-14(17)20)21-18(23)11-29-19(24)12-3-6-15-16(9-12)28-8-7-27-15/h3-6,9-10H,7-8,11H2,1-2H3,(H,21,23). The number of halogens is 1. The van der Waals surface area contributed by atoms with E-state index in [1.165, 1.54) is 44.4 Å². The molecule has 0 saturated carbocycles. The average molecular weight is 455 g/mol. The summed E-state index contributed by atoms with van der Waals surface area (Å²) < 4.78 is 41.4. The third kappa shape index (κ3) is 4.84. The Morgan fingerprint density at radius 3 is 2.50 bits per heavy atom. The summed E-state index contributed by atoms with van der Waals surface area (Å²) in [6.07, 6.45) is 0. The van der Waals surface area contributed by atoms with Gasteiger partial charge in [-0.2, -0.15) is 0 Å². The number of hydrogen-bond donors (Lipinski definition) is 1. The third-order valence-corrected chi connectivity index (χ3v) is 6.38. The summed E-state index contributed by atoms with van der Waals surface area (Å²) >= 11 is 5.98. The number of nitrogens with one attached hydrogen (secondary N) is 1. The number of nitrogens with zero attached hydrogens (tertiary/aromatic N) is 1. The molecule has 0 aliphatic carbocycles. The Labute approximate surface area is 178 Å². The minimum absolute atomic E-state index is 0.0201. The van der Waals surface area contributed by atoms with Gasteiger partial charge >= 0.3 is 5.97 Å². The van der Waals surface area contributed by atoms with Gasteiger partial charge in [-0.05, 0) is 36.4 Å². The van der Waals surface area contributed by atoms with Crippen LogP contribution in [-0.4, -0.2) is 58.5 Å². The fourth-order valence-electron chi connectivity index (χ4n) is 2.56. The van der Waals surface area contributed by atoms with Crippen molar-refractivity contribution in [2.24, 2.45) is 0 Å². The minimum atomic E-state index is -3.79. The number of benzene rings is 2. The number of ether oxygens (including phenoxy) is 3. The Bertz CT molecular complexity index is 1090. The summed E-state index contributed by atoms with van der Waals surface area (Å²) in [6, 6.07) is 8.60. The van der Waals surface area contributed by atoms with Crippen molar-refractivity contribution in [1.29, 1.82) is 0 Å². The van der Waals surface area contributed by atoms with Gasteiger partial charge in [0.25, 0.3) is 5.91 Å². The van der Waals surface area contributed by atoms with Crippen LogP contribution in [-0.2, 0) is 19.6 Å². The normalized spacial score (nSPS) is 13.1. The molecule has 0 bridgehead atoms. The van der Waals surface area contributed by atoms with Crippen molar-refractivity contribution in [3.05, 3.63) is 47.0 Å². The van der Waals surface area contributed by atoms with Gasteiger partial charge in [0.2, 0.25) is 10.0 Å². The van der Waals surface area contributed by atoms with Gasteiger partial charge in [0, 0.05) is 19.8 Å². The Balaban J connectivity index is 1.63. The lowest BCUT2D eigenvalue weighted by molar-refractivity contribution is -0.119. The highest BCUT2D eigenvalue weighted by atomic mass is 35.5. The van der Waals surface area contributed by atoms with Gasteiger partial charge in [-0.1, -0.05) is 11.6 Å². The molecule has 0 spiro atoms. The number of anilines is 1. The molecule has 1 amide bonds. The monoisotopic (exact) mass is 454 g/mol. The first kappa shape index (κ1) is 21.9. The molecule has 1 heterocycles. The maximum Gasteiger partial charge on any atom is 0.338 e. The van der Waals surface area contributed by atoms with E-state index in [2.05, 4.69) is 5.32 Å². The van der Waals surface area contributed by atoms with Gasteiger partial charge < -0.3 is 19.5 Å². The molecule has 2 aromatic rings. The zero-order valence-electron chi connectivity index (χ0n) is 16.2. The number of amides is 1. The molecule has 9 nitrogen and oxygen atoms in total. The second kappa shape index (κ2) is 8.90. The number of esters is 1. The van der Waals surface area contributed by atoms with Gasteiger partial charge in [0.1, 0.15) is 18.1 Å². The highest BCUT2D eigenvalue weighted by molar-refractivity contribution is 7.89. The lowest BCUT2D eigenvalue weighted by Gasteiger charge is -2.18. The van der Waals surface area contributed by atoms with Crippen LogP contribution in [0.25, 0.3) is 0 Å². The van der Waals surface area contributed by atoms with Crippen LogP contribution >= 0.6 is 11.6 Å². The van der Waals surface area contributed by atoms with E-state index in [0.717, 1.165) is 4.31 Å². The van der Waals surface area contributed by atoms with Crippen LogP contribution in [0.3, 0.4) is 0 Å². The van der Waals surface area contributed by atoms with Crippen molar-refractivity contribution in [3.8, 4) is 11.5 Å². The van der Waals surface area contributed by atoms with Crippen molar-refractivity contribution < 1.29 is 32.2 Å². The largest absolute Gasteiger partial charge is 0.486 e. The predicted molar refractivity (Wildman–Crippen MR) is 109 cm³/mol. The maximum absolute atomic E-state index is 12.3. The SMILES string of the molecule is CN(C)S(=O)(=O)c1cc(NC(=O)COC(=O)c2ccc3c(c2)OCCO3)ccc1Cl. The smallest absolute Gasteiger partial charge is 0.338 e. The van der Waals surface area contributed by atoms with Crippen LogP contribution in [0.15, 0.2) is 41.3 Å². The zero-order chi connectivity index (χ0) is 21.9. The second-order valence-corrected chi connectivity index (χ2v) is 8.94. The summed E-state index contributed by atoms with van der Waals surface area (Å²) in [5.74, 6) is -0.400. The second-order valence-electron chi connectivity index (χ2n) is 6.42. The van der Waals surface area contributed by atoms with E-state index >= 15 is 0 Å². The molecule has 1 aliphatic heterocycles. The first-order valence-electron chi connectivity index (χ1n) is 8.77. The molecule has 30 heavy (non-hydrogen) atoms. The molecular formula is C19H19ClN2O7S. The Morgan fingerprint density at radius 2 is 1.80 bits per heavy atom. The van der Waals surface area contributed by atoms with Crippen molar-refractivity contribution in [2.45, 2.75) is 4.90 Å². The van der Waals surface area contributed by atoms with E-state index in [-0.39, 0.29) is 21.2 Å². The number of sulfonamides is 1. The van der Waals surface area contributed by atoms with Crippen LogP contribution in [0.4, 0.5) is 5.69 Å². The van der Waals surface area contributed by atoms with Crippen LogP contribution in [0, 0.1) is 0 Å².